The second kappa shape index (κ2) is 8.10. The molecule has 0 bridgehead atoms. The van der Waals surface area contributed by atoms with E-state index in [4.69, 9.17) is 0 Å². The summed E-state index contributed by atoms with van der Waals surface area (Å²) in [5.41, 5.74) is 1.55. The predicted molar refractivity (Wildman–Crippen MR) is 109 cm³/mol. The summed E-state index contributed by atoms with van der Waals surface area (Å²) in [4.78, 5) is 4.47. The molecule has 2 aromatic rings. The molecule has 0 N–H and O–H groups in total. The van der Waals surface area contributed by atoms with Crippen LogP contribution in [0.1, 0.15) is 56.4 Å². The molecule has 4 rings (SSSR count). The monoisotopic (exact) mass is 347 g/mol. The zero-order chi connectivity index (χ0) is 16.9. The van der Waals surface area contributed by atoms with Crippen molar-refractivity contribution in [3.05, 3.63) is 83.3 Å². The van der Waals surface area contributed by atoms with Gasteiger partial charge in [-0.3, -0.25) is 0 Å². The van der Waals surface area contributed by atoms with E-state index in [1.807, 2.05) is 0 Å². The van der Waals surface area contributed by atoms with Crippen molar-refractivity contribution in [1.29, 1.82) is 0 Å². The summed E-state index contributed by atoms with van der Waals surface area (Å²) in [6.45, 7) is 0. The molecule has 0 aromatic heterocycles. The van der Waals surface area contributed by atoms with Crippen LogP contribution in [0, 0.1) is 0 Å². The standard InChI is InChI=1S/C24H27S/c1-4-10-20(11-5-1)21-16-18-24(19-17-21)25(22-12-6-2-7-13-22)23-14-8-3-9-15-23/h2-3,6-8,12-14,16-20H,1,4-5,9-11,15H2/q+1. The number of benzene rings is 2. The summed E-state index contributed by atoms with van der Waals surface area (Å²) >= 11 is 0. The Hall–Kier alpha value is -1.73. The van der Waals surface area contributed by atoms with E-state index in [1.165, 1.54) is 54.7 Å². The van der Waals surface area contributed by atoms with Crippen LogP contribution in [0.15, 0.2) is 87.5 Å². The summed E-state index contributed by atoms with van der Waals surface area (Å²) in [5.74, 6) is 0.790. The van der Waals surface area contributed by atoms with E-state index in [9.17, 15) is 0 Å². The summed E-state index contributed by atoms with van der Waals surface area (Å²) < 4.78 is 0. The Morgan fingerprint density at radius 3 is 2.16 bits per heavy atom. The molecule has 0 aliphatic heterocycles. The van der Waals surface area contributed by atoms with Crippen LogP contribution in [0.2, 0.25) is 0 Å². The van der Waals surface area contributed by atoms with Crippen molar-refractivity contribution < 1.29 is 0 Å². The largest absolute Gasteiger partial charge is 0.166 e. The van der Waals surface area contributed by atoms with Crippen LogP contribution in [0.4, 0.5) is 0 Å². The SMILES string of the molecule is C1=CCCC([S+](c2ccccc2)c2ccc(C3CCCCC3)cc2)=C1. The lowest BCUT2D eigenvalue weighted by Crippen LogP contribution is -2.09. The van der Waals surface area contributed by atoms with Crippen LogP contribution in [0.25, 0.3) is 0 Å². The normalized spacial score (nSPS) is 19.4. The molecule has 2 aromatic carbocycles. The zero-order valence-electron chi connectivity index (χ0n) is 14.9. The van der Waals surface area contributed by atoms with Crippen molar-refractivity contribution in [2.45, 2.75) is 60.7 Å². The van der Waals surface area contributed by atoms with Crippen molar-refractivity contribution in [2.24, 2.45) is 0 Å². The van der Waals surface area contributed by atoms with Gasteiger partial charge in [-0.25, -0.2) is 0 Å². The highest BCUT2D eigenvalue weighted by atomic mass is 32.2. The lowest BCUT2D eigenvalue weighted by atomic mass is 9.84. The van der Waals surface area contributed by atoms with E-state index in [-0.39, 0.29) is 10.9 Å². The van der Waals surface area contributed by atoms with Crippen molar-refractivity contribution in [3.63, 3.8) is 0 Å². The molecule has 1 atom stereocenters. The van der Waals surface area contributed by atoms with E-state index in [2.05, 4.69) is 72.8 Å². The summed E-state index contributed by atoms with van der Waals surface area (Å²) in [5, 5.41) is 0. The van der Waals surface area contributed by atoms with Crippen molar-refractivity contribution in [3.8, 4) is 0 Å². The van der Waals surface area contributed by atoms with Crippen molar-refractivity contribution in [1.82, 2.24) is 0 Å². The average Bonchev–Trinajstić information content (AvgIpc) is 2.71. The van der Waals surface area contributed by atoms with Crippen LogP contribution in [-0.4, -0.2) is 0 Å². The van der Waals surface area contributed by atoms with Crippen molar-refractivity contribution >= 4 is 10.9 Å². The fourth-order valence-corrected chi connectivity index (χ4v) is 6.31. The Bertz CT molecular complexity index is 733. The second-order valence-corrected chi connectivity index (χ2v) is 9.20. The maximum Gasteiger partial charge on any atom is 0.166 e. The molecule has 0 radical (unpaired) electrons. The van der Waals surface area contributed by atoms with Gasteiger partial charge in [0.25, 0.3) is 0 Å². The molecule has 0 nitrogen and oxygen atoms in total. The molecule has 0 amide bonds. The summed E-state index contributed by atoms with van der Waals surface area (Å²) in [6.07, 6.45) is 16.2. The minimum Gasteiger partial charge on any atom is -0.0839 e. The molecule has 1 heteroatoms. The Morgan fingerprint density at radius 2 is 1.48 bits per heavy atom. The quantitative estimate of drug-likeness (QED) is 0.522. The van der Waals surface area contributed by atoms with Gasteiger partial charge >= 0.3 is 0 Å². The molecule has 0 spiro atoms. The molecule has 1 fully saturated rings. The maximum atomic E-state index is 2.41. The highest BCUT2D eigenvalue weighted by molar-refractivity contribution is 8.00. The van der Waals surface area contributed by atoms with Gasteiger partial charge in [0.15, 0.2) is 9.79 Å². The third-order valence-electron chi connectivity index (χ3n) is 5.41. The Labute approximate surface area is 155 Å². The molecular weight excluding hydrogens is 320 g/mol. The fraction of sp³-hybridized carbons (Fsp3) is 0.333. The van der Waals surface area contributed by atoms with E-state index in [0.29, 0.717) is 0 Å². The van der Waals surface area contributed by atoms with Gasteiger partial charge in [0.2, 0.25) is 0 Å². The first-order valence-electron chi connectivity index (χ1n) is 9.67. The fourth-order valence-electron chi connectivity index (χ4n) is 4.06. The highest BCUT2D eigenvalue weighted by Crippen LogP contribution is 2.37. The topological polar surface area (TPSA) is 0 Å². The van der Waals surface area contributed by atoms with Gasteiger partial charge in [0.05, 0.1) is 10.9 Å². The lowest BCUT2D eigenvalue weighted by molar-refractivity contribution is 0.443. The van der Waals surface area contributed by atoms with Crippen molar-refractivity contribution in [2.75, 3.05) is 0 Å². The average molecular weight is 348 g/mol. The molecular formula is C24H27S+. The molecule has 2 aliphatic rings. The number of hydrogen-bond donors (Lipinski definition) is 0. The van der Waals surface area contributed by atoms with Crippen LogP contribution in [0.3, 0.4) is 0 Å². The van der Waals surface area contributed by atoms with Gasteiger partial charge in [-0.2, -0.15) is 0 Å². The third kappa shape index (κ3) is 3.93. The van der Waals surface area contributed by atoms with Gasteiger partial charge in [-0.05, 0) is 61.1 Å². The van der Waals surface area contributed by atoms with E-state index < -0.39 is 0 Å². The van der Waals surface area contributed by atoms with E-state index in [1.54, 1.807) is 10.5 Å². The van der Waals surface area contributed by atoms with Gasteiger partial charge in [-0.15, -0.1) is 0 Å². The second-order valence-electron chi connectivity index (χ2n) is 7.12. The van der Waals surface area contributed by atoms with E-state index >= 15 is 0 Å². The number of hydrogen-bond acceptors (Lipinski definition) is 0. The molecule has 1 saturated carbocycles. The summed E-state index contributed by atoms with van der Waals surface area (Å²) in [7, 11) is 0.0590. The number of allylic oxidation sites excluding steroid dienone is 4. The Morgan fingerprint density at radius 1 is 0.760 bits per heavy atom. The van der Waals surface area contributed by atoms with E-state index in [0.717, 1.165) is 5.92 Å². The molecule has 128 valence electrons. The smallest absolute Gasteiger partial charge is 0.0839 e. The molecule has 25 heavy (non-hydrogen) atoms. The molecule has 0 saturated heterocycles. The third-order valence-corrected chi connectivity index (χ3v) is 7.76. The first-order valence-corrected chi connectivity index (χ1v) is 10.9. The molecule has 1 unspecified atom stereocenters. The van der Waals surface area contributed by atoms with Crippen LogP contribution < -0.4 is 0 Å². The minimum atomic E-state index is 0.0590. The molecule has 2 aliphatic carbocycles. The first kappa shape index (κ1) is 16.7. The van der Waals surface area contributed by atoms with Crippen LogP contribution in [-0.2, 0) is 10.9 Å². The molecule has 0 heterocycles. The van der Waals surface area contributed by atoms with Gasteiger partial charge in [0, 0.05) is 6.42 Å². The summed E-state index contributed by atoms with van der Waals surface area (Å²) in [6, 6.07) is 20.7. The van der Waals surface area contributed by atoms with Gasteiger partial charge in [0.1, 0.15) is 4.91 Å². The predicted octanol–water partition coefficient (Wildman–Crippen LogP) is 7.00. The van der Waals surface area contributed by atoms with Gasteiger partial charge in [-0.1, -0.05) is 61.7 Å². The van der Waals surface area contributed by atoms with Crippen LogP contribution >= 0.6 is 0 Å². The van der Waals surface area contributed by atoms with Gasteiger partial charge < -0.3 is 0 Å². The number of rotatable bonds is 4. The first-order chi connectivity index (χ1) is 12.4. The van der Waals surface area contributed by atoms with Crippen LogP contribution in [0.5, 0.6) is 0 Å². The zero-order valence-corrected chi connectivity index (χ0v) is 15.7. The highest BCUT2D eigenvalue weighted by Gasteiger charge is 2.31. The lowest BCUT2D eigenvalue weighted by Gasteiger charge is -2.22. The Kier molecular flexibility index (Phi) is 5.42. The minimum absolute atomic E-state index is 0.0590. The Balaban J connectivity index is 1.65. The maximum absolute atomic E-state index is 2.41.